The van der Waals surface area contributed by atoms with Gasteiger partial charge < -0.3 is 9.47 Å². The molecule has 5 aromatic rings. The highest BCUT2D eigenvalue weighted by Crippen LogP contribution is 2.29. The minimum Gasteiger partial charge on any atom is -0.443 e. The molecule has 2 aromatic heterocycles. The van der Waals surface area contributed by atoms with Gasteiger partial charge in [0.05, 0.1) is 22.1 Å². The number of hydrogen-bond donors (Lipinski definition) is 0. The van der Waals surface area contributed by atoms with E-state index in [1.54, 1.807) is 24.3 Å². The summed E-state index contributed by atoms with van der Waals surface area (Å²) in [7, 11) is 0. The summed E-state index contributed by atoms with van der Waals surface area (Å²) in [6.07, 6.45) is -0.186. The van der Waals surface area contributed by atoms with Gasteiger partial charge in [0, 0.05) is 21.5 Å². The number of hydrogen-bond acceptors (Lipinski definition) is 6. The monoisotopic (exact) mass is 568 g/mol. The number of pyridine rings is 2. The Morgan fingerprint density at radius 1 is 0.595 bits per heavy atom. The van der Waals surface area contributed by atoms with Crippen molar-refractivity contribution in [3.63, 3.8) is 0 Å². The van der Waals surface area contributed by atoms with Crippen LogP contribution in [0.5, 0.6) is 0 Å². The number of benzene rings is 3. The van der Waals surface area contributed by atoms with Crippen LogP contribution < -0.4 is 10.9 Å². The fraction of sp³-hybridized carbons (Fsp3) is 0.353. The van der Waals surface area contributed by atoms with Crippen LogP contribution in [-0.2, 0) is 9.47 Å². The van der Waals surface area contributed by atoms with E-state index < -0.39 is 23.4 Å². The molecule has 0 saturated carbocycles. The Bertz CT molecular complexity index is 1910. The molecule has 0 unspecified atom stereocenters. The molecule has 0 amide bonds. The maximum Gasteiger partial charge on any atom is 0.419 e. The third-order valence-electron chi connectivity index (χ3n) is 8.16. The SMILES string of the molecule is CCC(C)(C)OC(=O)n1c2ccc(C)cc2c(=O)c2cc3c(cc21)c(=O)c1cc(C)ccc1n3C(=O)OC(C)(C)CC. The Hall–Kier alpha value is -4.46. The Kier molecular flexibility index (Phi) is 7.00. The lowest BCUT2D eigenvalue weighted by atomic mass is 10.0. The number of fused-ring (bicyclic) bond motifs is 4. The lowest BCUT2D eigenvalue weighted by Gasteiger charge is -2.26. The number of ether oxygens (including phenoxy) is 2. The minimum atomic E-state index is -0.767. The standard InChI is InChI=1S/C34H36N2O6/c1-9-33(5,6)41-31(39)35-25-13-11-19(3)15-21(25)29(37)23-18-28-24(17-27(23)35)30(38)22-16-20(4)12-14-26(22)36(28)32(40)42-34(7,8)10-2/h11-18H,9-10H2,1-8H3. The number of carbonyl (C=O) groups excluding carboxylic acids is 2. The molecule has 218 valence electrons. The maximum absolute atomic E-state index is 14.0. The third-order valence-corrected chi connectivity index (χ3v) is 8.16. The molecular weight excluding hydrogens is 532 g/mol. The second kappa shape index (κ2) is 10.1. The lowest BCUT2D eigenvalue weighted by molar-refractivity contribution is 0.0374. The third kappa shape index (κ3) is 4.85. The second-order valence-corrected chi connectivity index (χ2v) is 12.2. The summed E-state index contributed by atoms with van der Waals surface area (Å²) in [6, 6.07) is 13.5. The highest BCUT2D eigenvalue weighted by molar-refractivity contribution is 6.09. The fourth-order valence-electron chi connectivity index (χ4n) is 5.02. The van der Waals surface area contributed by atoms with Crippen LogP contribution in [0.15, 0.2) is 58.1 Å². The first-order valence-electron chi connectivity index (χ1n) is 14.2. The van der Waals surface area contributed by atoms with Gasteiger partial charge in [-0.25, -0.2) is 18.7 Å². The molecule has 3 aromatic carbocycles. The van der Waals surface area contributed by atoms with Gasteiger partial charge in [0.15, 0.2) is 10.9 Å². The van der Waals surface area contributed by atoms with Crippen LogP contribution in [0.2, 0.25) is 0 Å². The number of nitrogens with zero attached hydrogens (tertiary/aromatic N) is 2. The molecule has 0 aliphatic heterocycles. The van der Waals surface area contributed by atoms with E-state index in [1.165, 1.54) is 21.3 Å². The summed E-state index contributed by atoms with van der Waals surface area (Å²) in [5.41, 5.74) is 0.690. The van der Waals surface area contributed by atoms with Crippen molar-refractivity contribution >= 4 is 55.8 Å². The molecule has 0 atom stereocenters. The van der Waals surface area contributed by atoms with Crippen LogP contribution in [0.3, 0.4) is 0 Å². The van der Waals surface area contributed by atoms with E-state index in [0.29, 0.717) is 34.6 Å². The molecule has 0 aliphatic carbocycles. The normalized spacial score (nSPS) is 12.4. The van der Waals surface area contributed by atoms with Crippen molar-refractivity contribution in [3.8, 4) is 0 Å². The molecule has 0 spiro atoms. The van der Waals surface area contributed by atoms with Gasteiger partial charge in [-0.2, -0.15) is 0 Å². The summed E-state index contributed by atoms with van der Waals surface area (Å²) >= 11 is 0. The summed E-state index contributed by atoms with van der Waals surface area (Å²) in [6.45, 7) is 14.8. The zero-order valence-electron chi connectivity index (χ0n) is 25.4. The van der Waals surface area contributed by atoms with E-state index in [4.69, 9.17) is 9.47 Å². The van der Waals surface area contributed by atoms with Crippen LogP contribution in [-0.4, -0.2) is 32.5 Å². The Morgan fingerprint density at radius 2 is 0.929 bits per heavy atom. The Balaban J connectivity index is 1.99. The summed E-state index contributed by atoms with van der Waals surface area (Å²) < 4.78 is 14.5. The molecule has 0 saturated heterocycles. The number of rotatable bonds is 4. The van der Waals surface area contributed by atoms with Gasteiger partial charge in [0.1, 0.15) is 11.2 Å². The van der Waals surface area contributed by atoms with Crippen LogP contribution in [0, 0.1) is 13.8 Å². The van der Waals surface area contributed by atoms with Crippen molar-refractivity contribution in [2.45, 2.75) is 79.4 Å². The summed E-state index contributed by atoms with van der Waals surface area (Å²) in [5.74, 6) is 0. The summed E-state index contributed by atoms with van der Waals surface area (Å²) in [4.78, 5) is 55.5. The van der Waals surface area contributed by atoms with Crippen molar-refractivity contribution in [2.75, 3.05) is 0 Å². The molecule has 2 heterocycles. The molecule has 0 radical (unpaired) electrons. The molecule has 0 N–H and O–H groups in total. The van der Waals surface area contributed by atoms with Gasteiger partial charge in [-0.15, -0.1) is 0 Å². The lowest BCUT2D eigenvalue weighted by Crippen LogP contribution is -2.31. The first-order chi connectivity index (χ1) is 19.7. The highest BCUT2D eigenvalue weighted by atomic mass is 16.6. The second-order valence-electron chi connectivity index (χ2n) is 12.2. The van der Waals surface area contributed by atoms with Gasteiger partial charge in [-0.1, -0.05) is 37.1 Å². The van der Waals surface area contributed by atoms with E-state index in [9.17, 15) is 19.2 Å². The van der Waals surface area contributed by atoms with Crippen molar-refractivity contribution in [1.29, 1.82) is 0 Å². The molecule has 0 bridgehead atoms. The smallest absolute Gasteiger partial charge is 0.419 e. The minimum absolute atomic E-state index is 0.175. The first-order valence-corrected chi connectivity index (χ1v) is 14.2. The largest absolute Gasteiger partial charge is 0.443 e. The average molecular weight is 569 g/mol. The molecule has 0 fully saturated rings. The Labute approximate surface area is 243 Å². The van der Waals surface area contributed by atoms with E-state index in [0.717, 1.165) is 11.1 Å². The highest BCUT2D eigenvalue weighted by Gasteiger charge is 2.28. The van der Waals surface area contributed by atoms with E-state index in [2.05, 4.69) is 0 Å². The van der Waals surface area contributed by atoms with Gasteiger partial charge >= 0.3 is 12.2 Å². The van der Waals surface area contributed by atoms with Gasteiger partial charge in [0.2, 0.25) is 0 Å². The van der Waals surface area contributed by atoms with Crippen molar-refractivity contribution in [1.82, 2.24) is 9.13 Å². The van der Waals surface area contributed by atoms with Gasteiger partial charge in [-0.05, 0) is 90.8 Å². The van der Waals surface area contributed by atoms with Crippen molar-refractivity contribution in [3.05, 3.63) is 80.1 Å². The van der Waals surface area contributed by atoms with E-state index in [1.807, 2.05) is 67.5 Å². The van der Waals surface area contributed by atoms with Gasteiger partial charge in [0.25, 0.3) is 0 Å². The molecule has 8 heteroatoms. The summed E-state index contributed by atoms with van der Waals surface area (Å²) in [5, 5.41) is 1.00. The Morgan fingerprint density at radius 3 is 1.26 bits per heavy atom. The van der Waals surface area contributed by atoms with Gasteiger partial charge in [-0.3, -0.25) is 9.59 Å². The van der Waals surface area contributed by atoms with Crippen molar-refractivity contribution < 1.29 is 19.1 Å². The topological polar surface area (TPSA) is 96.6 Å². The van der Waals surface area contributed by atoms with Crippen LogP contribution in [0.25, 0.3) is 43.6 Å². The maximum atomic E-state index is 14.0. The van der Waals surface area contributed by atoms with Crippen LogP contribution >= 0.6 is 0 Å². The molecule has 0 aliphatic rings. The van der Waals surface area contributed by atoms with Crippen LogP contribution in [0.4, 0.5) is 9.59 Å². The number of aromatic nitrogens is 2. The molecule has 8 nitrogen and oxygen atoms in total. The zero-order valence-corrected chi connectivity index (χ0v) is 25.4. The molecule has 42 heavy (non-hydrogen) atoms. The predicted molar refractivity (Wildman–Crippen MR) is 167 cm³/mol. The zero-order chi connectivity index (χ0) is 30.7. The number of carbonyl (C=O) groups is 2. The molecular formula is C34H36N2O6. The predicted octanol–water partition coefficient (Wildman–Crippen LogP) is 7.59. The average Bonchev–Trinajstić information content (AvgIpc) is 2.93. The van der Waals surface area contributed by atoms with Crippen LogP contribution in [0.1, 0.15) is 65.5 Å². The van der Waals surface area contributed by atoms with E-state index in [-0.39, 0.29) is 32.7 Å². The molecule has 5 rings (SSSR count). The fourth-order valence-corrected chi connectivity index (χ4v) is 5.02. The quantitative estimate of drug-likeness (QED) is 0.207. The van der Waals surface area contributed by atoms with E-state index >= 15 is 0 Å². The number of aryl methyl sites for hydroxylation is 2. The first kappa shape index (κ1) is 29.0. The van der Waals surface area contributed by atoms with Crippen molar-refractivity contribution in [2.24, 2.45) is 0 Å².